The van der Waals surface area contributed by atoms with Gasteiger partial charge in [-0.15, -0.1) is 0 Å². The average Bonchev–Trinajstić information content (AvgIpc) is 3.28. The van der Waals surface area contributed by atoms with Gasteiger partial charge >= 0.3 is 0 Å². The monoisotopic (exact) mass is 416 g/mol. The summed E-state index contributed by atoms with van der Waals surface area (Å²) in [6.45, 7) is 11.0. The van der Waals surface area contributed by atoms with Gasteiger partial charge in [-0.1, -0.05) is 29.8 Å². The van der Waals surface area contributed by atoms with Gasteiger partial charge in [0.25, 0.3) is 0 Å². The quantitative estimate of drug-likeness (QED) is 0.513. The first-order valence-electron chi connectivity index (χ1n) is 10.6. The Balaban J connectivity index is 1.59. The first kappa shape index (κ1) is 20.8. The van der Waals surface area contributed by atoms with Crippen molar-refractivity contribution in [3.63, 3.8) is 0 Å². The van der Waals surface area contributed by atoms with E-state index in [1.807, 2.05) is 37.7 Å². The van der Waals surface area contributed by atoms with Crippen LogP contribution in [-0.4, -0.2) is 30.5 Å². The fourth-order valence-corrected chi connectivity index (χ4v) is 4.07. The van der Waals surface area contributed by atoms with E-state index in [0.717, 1.165) is 40.0 Å². The van der Waals surface area contributed by atoms with E-state index in [4.69, 9.17) is 0 Å². The van der Waals surface area contributed by atoms with Crippen LogP contribution in [0.4, 0.5) is 0 Å². The molecule has 3 heterocycles. The molecule has 1 amide bonds. The first-order chi connectivity index (χ1) is 14.9. The minimum Gasteiger partial charge on any atom is -0.348 e. The van der Waals surface area contributed by atoms with Gasteiger partial charge in [0.05, 0.1) is 17.9 Å². The van der Waals surface area contributed by atoms with Gasteiger partial charge in [-0.25, -0.2) is 9.67 Å². The Morgan fingerprint density at radius 3 is 2.52 bits per heavy atom. The molecule has 1 aromatic carbocycles. The molecule has 1 N–H and O–H groups in total. The Bertz CT molecular complexity index is 1240. The fourth-order valence-electron chi connectivity index (χ4n) is 4.07. The van der Waals surface area contributed by atoms with Gasteiger partial charge in [0.1, 0.15) is 6.54 Å². The van der Waals surface area contributed by atoms with E-state index in [-0.39, 0.29) is 18.5 Å². The molecule has 3 aromatic heterocycles. The van der Waals surface area contributed by atoms with E-state index in [9.17, 15) is 4.79 Å². The summed E-state index contributed by atoms with van der Waals surface area (Å²) in [5.41, 5.74) is 7.07. The van der Waals surface area contributed by atoms with Crippen LogP contribution in [0.1, 0.15) is 42.4 Å². The van der Waals surface area contributed by atoms with E-state index in [0.29, 0.717) is 5.65 Å². The standard InChI is InChI=1S/C24H28N6O/c1-6-29-18(5)21(13-26-29)16(3)27-22(31)14-30-24-23(17(4)28-30)20(11-12-25-24)19-9-7-15(2)8-10-19/h7-13,16H,6,14H2,1-5H3,(H,27,31). The van der Waals surface area contributed by atoms with Crippen LogP contribution in [0.15, 0.2) is 42.7 Å². The number of aryl methyl sites for hydroxylation is 3. The average molecular weight is 417 g/mol. The molecule has 0 saturated heterocycles. The molecule has 0 aliphatic heterocycles. The van der Waals surface area contributed by atoms with Crippen molar-refractivity contribution in [1.29, 1.82) is 0 Å². The molecule has 0 aliphatic carbocycles. The third kappa shape index (κ3) is 3.95. The topological polar surface area (TPSA) is 77.6 Å². The second kappa shape index (κ2) is 8.34. The summed E-state index contributed by atoms with van der Waals surface area (Å²) in [6, 6.07) is 10.3. The summed E-state index contributed by atoms with van der Waals surface area (Å²) in [5, 5.41) is 13.0. The number of nitrogens with zero attached hydrogens (tertiary/aromatic N) is 5. The number of benzene rings is 1. The summed E-state index contributed by atoms with van der Waals surface area (Å²) < 4.78 is 3.62. The SMILES string of the molecule is CCn1ncc(C(C)NC(=O)Cn2nc(C)c3c(-c4ccc(C)cc4)ccnc32)c1C. The van der Waals surface area contributed by atoms with Gasteiger partial charge in [0, 0.05) is 29.4 Å². The van der Waals surface area contributed by atoms with E-state index in [1.165, 1.54) is 5.56 Å². The number of carbonyl (C=O) groups excluding carboxylic acids is 1. The Morgan fingerprint density at radius 2 is 1.84 bits per heavy atom. The summed E-state index contributed by atoms with van der Waals surface area (Å²) in [7, 11) is 0. The van der Waals surface area contributed by atoms with Crippen molar-refractivity contribution in [3.8, 4) is 11.1 Å². The fraction of sp³-hybridized carbons (Fsp3) is 0.333. The molecule has 160 valence electrons. The Morgan fingerprint density at radius 1 is 1.10 bits per heavy atom. The van der Waals surface area contributed by atoms with Crippen LogP contribution in [0.2, 0.25) is 0 Å². The molecule has 0 fully saturated rings. The molecule has 1 unspecified atom stereocenters. The minimum absolute atomic E-state index is 0.108. The molecule has 0 saturated carbocycles. The number of hydrogen-bond acceptors (Lipinski definition) is 4. The van der Waals surface area contributed by atoms with Crippen LogP contribution in [0, 0.1) is 20.8 Å². The second-order valence-electron chi connectivity index (χ2n) is 7.96. The summed E-state index contributed by atoms with van der Waals surface area (Å²) >= 11 is 0. The van der Waals surface area contributed by atoms with Crippen molar-refractivity contribution >= 4 is 16.9 Å². The van der Waals surface area contributed by atoms with Crippen LogP contribution >= 0.6 is 0 Å². The number of rotatable bonds is 6. The number of aromatic nitrogens is 5. The molecule has 0 spiro atoms. The highest BCUT2D eigenvalue weighted by Gasteiger charge is 2.19. The smallest absolute Gasteiger partial charge is 0.242 e. The maximum atomic E-state index is 12.8. The van der Waals surface area contributed by atoms with Gasteiger partial charge < -0.3 is 5.32 Å². The van der Waals surface area contributed by atoms with Crippen molar-refractivity contribution in [1.82, 2.24) is 29.9 Å². The van der Waals surface area contributed by atoms with Gasteiger partial charge in [-0.05, 0) is 51.8 Å². The molecule has 31 heavy (non-hydrogen) atoms. The highest BCUT2D eigenvalue weighted by Crippen LogP contribution is 2.30. The lowest BCUT2D eigenvalue weighted by atomic mass is 10.0. The van der Waals surface area contributed by atoms with Crippen molar-refractivity contribution < 1.29 is 4.79 Å². The number of fused-ring (bicyclic) bond motifs is 1. The minimum atomic E-state index is -0.133. The summed E-state index contributed by atoms with van der Waals surface area (Å²) in [5.74, 6) is -0.108. The van der Waals surface area contributed by atoms with Gasteiger partial charge in [-0.2, -0.15) is 10.2 Å². The highest BCUT2D eigenvalue weighted by atomic mass is 16.2. The lowest BCUT2D eigenvalue weighted by molar-refractivity contribution is -0.122. The van der Waals surface area contributed by atoms with E-state index in [2.05, 4.69) is 58.6 Å². The maximum Gasteiger partial charge on any atom is 0.242 e. The maximum absolute atomic E-state index is 12.8. The molecular formula is C24H28N6O. The number of nitrogens with one attached hydrogen (secondary N) is 1. The third-order valence-corrected chi connectivity index (χ3v) is 5.75. The van der Waals surface area contributed by atoms with Crippen LogP contribution in [0.25, 0.3) is 22.2 Å². The molecule has 0 aliphatic rings. The number of amides is 1. The van der Waals surface area contributed by atoms with Crippen molar-refractivity contribution in [2.75, 3.05) is 0 Å². The summed E-state index contributed by atoms with van der Waals surface area (Å²) in [4.78, 5) is 17.3. The predicted molar refractivity (Wildman–Crippen MR) is 122 cm³/mol. The second-order valence-corrected chi connectivity index (χ2v) is 7.96. The van der Waals surface area contributed by atoms with Crippen LogP contribution in [0.3, 0.4) is 0 Å². The Kier molecular flexibility index (Phi) is 5.59. The third-order valence-electron chi connectivity index (χ3n) is 5.75. The molecule has 0 radical (unpaired) electrons. The predicted octanol–water partition coefficient (Wildman–Crippen LogP) is 4.12. The van der Waals surface area contributed by atoms with Gasteiger partial charge in [-0.3, -0.25) is 9.48 Å². The molecule has 7 nitrogen and oxygen atoms in total. The zero-order valence-electron chi connectivity index (χ0n) is 18.7. The zero-order valence-corrected chi connectivity index (χ0v) is 18.7. The molecule has 7 heteroatoms. The Hall–Kier alpha value is -3.48. The van der Waals surface area contributed by atoms with E-state index < -0.39 is 0 Å². The molecule has 1 atom stereocenters. The zero-order chi connectivity index (χ0) is 22.1. The summed E-state index contributed by atoms with van der Waals surface area (Å²) in [6.07, 6.45) is 3.60. The lowest BCUT2D eigenvalue weighted by Crippen LogP contribution is -2.30. The van der Waals surface area contributed by atoms with E-state index in [1.54, 1.807) is 10.9 Å². The number of carbonyl (C=O) groups is 1. The Labute approximate surface area is 182 Å². The first-order valence-corrected chi connectivity index (χ1v) is 10.6. The van der Waals surface area contributed by atoms with Crippen LogP contribution in [-0.2, 0) is 17.9 Å². The van der Waals surface area contributed by atoms with Crippen LogP contribution < -0.4 is 5.32 Å². The highest BCUT2D eigenvalue weighted by molar-refractivity contribution is 5.95. The molecular weight excluding hydrogens is 388 g/mol. The molecule has 4 aromatic rings. The van der Waals surface area contributed by atoms with Gasteiger partial charge in [0.15, 0.2) is 5.65 Å². The van der Waals surface area contributed by atoms with Crippen molar-refractivity contribution in [3.05, 3.63) is 65.2 Å². The van der Waals surface area contributed by atoms with Gasteiger partial charge in [0.2, 0.25) is 5.91 Å². The van der Waals surface area contributed by atoms with E-state index >= 15 is 0 Å². The number of hydrogen-bond donors (Lipinski definition) is 1. The normalized spacial score (nSPS) is 12.3. The molecule has 4 rings (SSSR count). The van der Waals surface area contributed by atoms with Crippen molar-refractivity contribution in [2.45, 2.75) is 53.8 Å². The largest absolute Gasteiger partial charge is 0.348 e. The lowest BCUT2D eigenvalue weighted by Gasteiger charge is -2.14. The number of pyridine rings is 1. The van der Waals surface area contributed by atoms with Crippen molar-refractivity contribution in [2.24, 2.45) is 0 Å². The van der Waals surface area contributed by atoms with Crippen LogP contribution in [0.5, 0.6) is 0 Å². The molecule has 0 bridgehead atoms.